The highest BCUT2D eigenvalue weighted by molar-refractivity contribution is 5.95. The second-order valence-electron chi connectivity index (χ2n) is 5.12. The fraction of sp³-hybridized carbons (Fsp3) is 0.714. The van der Waals surface area contributed by atoms with Crippen molar-refractivity contribution in [1.82, 2.24) is 15.1 Å². The normalized spacial score (nSPS) is 15.3. The van der Waals surface area contributed by atoms with E-state index in [1.54, 1.807) is 6.92 Å². The number of aryl methyl sites for hydroxylation is 1. The van der Waals surface area contributed by atoms with Gasteiger partial charge in [-0.25, -0.2) is 4.79 Å². The van der Waals surface area contributed by atoms with Gasteiger partial charge in [0.05, 0.1) is 6.61 Å². The average molecular weight is 317 g/mol. The Morgan fingerprint density at radius 3 is 2.76 bits per heavy atom. The fourth-order valence-corrected chi connectivity index (χ4v) is 2.53. The van der Waals surface area contributed by atoms with Crippen LogP contribution in [0.3, 0.4) is 0 Å². The number of carbonyl (C=O) groups excluding carboxylic acids is 1. The number of rotatable bonds is 6. The minimum Gasteiger partial charge on any atom is -0.462 e. The molecule has 1 aromatic heterocycles. The quantitative estimate of drug-likeness (QED) is 0.787. The Morgan fingerprint density at radius 1 is 1.38 bits per heavy atom. The van der Waals surface area contributed by atoms with Gasteiger partial charge in [-0.05, 0) is 39.8 Å². The van der Waals surface area contributed by atoms with E-state index >= 15 is 0 Å². The standard InChI is InChI=1S/C14H24N4O2.ClH/c1-3-20-14(19)12-11(2)16-17-13(12)15-7-10-18-8-5-4-6-9-18;/h3-10H2,1-2H3,(H2,15,16,17);1H. The van der Waals surface area contributed by atoms with Gasteiger partial charge in [0.15, 0.2) is 5.82 Å². The van der Waals surface area contributed by atoms with Gasteiger partial charge in [-0.3, -0.25) is 5.10 Å². The van der Waals surface area contributed by atoms with E-state index in [1.165, 1.54) is 32.4 Å². The number of aromatic nitrogens is 2. The van der Waals surface area contributed by atoms with Gasteiger partial charge in [0.1, 0.15) is 5.56 Å². The highest BCUT2D eigenvalue weighted by Gasteiger charge is 2.19. The summed E-state index contributed by atoms with van der Waals surface area (Å²) in [7, 11) is 0. The molecule has 1 aliphatic heterocycles. The predicted molar refractivity (Wildman–Crippen MR) is 85.3 cm³/mol. The maximum absolute atomic E-state index is 11.9. The van der Waals surface area contributed by atoms with Crippen molar-refractivity contribution in [3.8, 4) is 0 Å². The van der Waals surface area contributed by atoms with Gasteiger partial charge in [-0.1, -0.05) is 6.42 Å². The lowest BCUT2D eigenvalue weighted by molar-refractivity contribution is 0.0526. The molecule has 21 heavy (non-hydrogen) atoms. The van der Waals surface area contributed by atoms with Crippen LogP contribution in [0.4, 0.5) is 5.82 Å². The monoisotopic (exact) mass is 316 g/mol. The van der Waals surface area contributed by atoms with E-state index in [0.717, 1.165) is 18.8 Å². The van der Waals surface area contributed by atoms with Gasteiger partial charge in [0, 0.05) is 18.8 Å². The van der Waals surface area contributed by atoms with Crippen LogP contribution >= 0.6 is 12.4 Å². The first-order valence-corrected chi connectivity index (χ1v) is 7.40. The number of aromatic amines is 1. The topological polar surface area (TPSA) is 70.2 Å². The Balaban J connectivity index is 0.00000220. The summed E-state index contributed by atoms with van der Waals surface area (Å²) < 4.78 is 5.05. The number of esters is 1. The van der Waals surface area contributed by atoms with Gasteiger partial charge < -0.3 is 15.0 Å². The van der Waals surface area contributed by atoms with E-state index in [2.05, 4.69) is 20.4 Å². The van der Waals surface area contributed by atoms with Gasteiger partial charge in [-0.15, -0.1) is 12.4 Å². The van der Waals surface area contributed by atoms with E-state index in [-0.39, 0.29) is 18.4 Å². The number of piperidine rings is 1. The van der Waals surface area contributed by atoms with Crippen molar-refractivity contribution in [2.24, 2.45) is 0 Å². The van der Waals surface area contributed by atoms with Crippen LogP contribution in [0.15, 0.2) is 0 Å². The summed E-state index contributed by atoms with van der Waals surface area (Å²) in [4.78, 5) is 14.3. The summed E-state index contributed by atoms with van der Waals surface area (Å²) in [5.41, 5.74) is 1.26. The Bertz CT molecular complexity index is 444. The van der Waals surface area contributed by atoms with E-state index in [1.807, 2.05) is 6.92 Å². The van der Waals surface area contributed by atoms with Gasteiger partial charge in [0.2, 0.25) is 0 Å². The first-order valence-electron chi connectivity index (χ1n) is 7.40. The van der Waals surface area contributed by atoms with Crippen molar-refractivity contribution in [2.75, 3.05) is 38.1 Å². The molecule has 0 spiro atoms. The van der Waals surface area contributed by atoms with Crippen molar-refractivity contribution in [2.45, 2.75) is 33.1 Å². The lowest BCUT2D eigenvalue weighted by atomic mass is 10.1. The van der Waals surface area contributed by atoms with Gasteiger partial charge in [0.25, 0.3) is 0 Å². The molecule has 2 rings (SSSR count). The lowest BCUT2D eigenvalue weighted by Crippen LogP contribution is -2.33. The molecule has 0 amide bonds. The van der Waals surface area contributed by atoms with Crippen LogP contribution in [0.25, 0.3) is 0 Å². The molecule has 120 valence electrons. The van der Waals surface area contributed by atoms with Crippen LogP contribution < -0.4 is 5.32 Å². The Morgan fingerprint density at radius 2 is 2.10 bits per heavy atom. The number of carbonyl (C=O) groups is 1. The van der Waals surface area contributed by atoms with Crippen LogP contribution in [-0.4, -0.2) is 53.9 Å². The number of H-pyrrole nitrogens is 1. The molecule has 0 radical (unpaired) electrons. The molecule has 7 heteroatoms. The molecule has 0 atom stereocenters. The molecule has 0 bridgehead atoms. The summed E-state index contributed by atoms with van der Waals surface area (Å²) in [6, 6.07) is 0. The van der Waals surface area contributed by atoms with Crippen molar-refractivity contribution in [3.05, 3.63) is 11.3 Å². The first-order chi connectivity index (χ1) is 9.72. The van der Waals surface area contributed by atoms with Crippen LogP contribution in [0.1, 0.15) is 42.2 Å². The number of ether oxygens (including phenoxy) is 1. The molecule has 0 saturated carbocycles. The van der Waals surface area contributed by atoms with Gasteiger partial charge >= 0.3 is 5.97 Å². The third-order valence-electron chi connectivity index (χ3n) is 3.60. The predicted octanol–water partition coefficient (Wildman–Crippen LogP) is 2.21. The van der Waals surface area contributed by atoms with E-state index in [0.29, 0.717) is 18.0 Å². The number of likely N-dealkylation sites (tertiary alicyclic amines) is 1. The molecule has 1 fully saturated rings. The number of nitrogens with one attached hydrogen (secondary N) is 2. The summed E-state index contributed by atoms with van der Waals surface area (Å²) >= 11 is 0. The summed E-state index contributed by atoms with van der Waals surface area (Å²) in [5.74, 6) is 0.275. The summed E-state index contributed by atoms with van der Waals surface area (Å²) in [6.45, 7) is 8.12. The van der Waals surface area contributed by atoms with Crippen molar-refractivity contribution in [3.63, 3.8) is 0 Å². The fourth-order valence-electron chi connectivity index (χ4n) is 2.53. The van der Waals surface area contributed by atoms with E-state index in [9.17, 15) is 4.79 Å². The highest BCUT2D eigenvalue weighted by Crippen LogP contribution is 2.17. The molecule has 6 nitrogen and oxygen atoms in total. The summed E-state index contributed by atoms with van der Waals surface area (Å²) in [6.07, 6.45) is 3.92. The number of nitrogens with zero attached hydrogens (tertiary/aromatic N) is 2. The molecule has 0 aromatic carbocycles. The molecule has 0 unspecified atom stereocenters. The zero-order chi connectivity index (χ0) is 14.4. The first kappa shape index (κ1) is 17.8. The minimum absolute atomic E-state index is 0. The summed E-state index contributed by atoms with van der Waals surface area (Å²) in [5, 5.41) is 10.2. The van der Waals surface area contributed by atoms with Crippen LogP contribution in [-0.2, 0) is 4.74 Å². The molecule has 2 heterocycles. The molecule has 1 aromatic rings. The smallest absolute Gasteiger partial charge is 0.343 e. The number of hydrogen-bond donors (Lipinski definition) is 2. The Labute approximate surface area is 132 Å². The largest absolute Gasteiger partial charge is 0.462 e. The molecule has 2 N–H and O–H groups in total. The number of halogens is 1. The second-order valence-corrected chi connectivity index (χ2v) is 5.12. The molecule has 1 saturated heterocycles. The van der Waals surface area contributed by atoms with Crippen molar-refractivity contribution < 1.29 is 9.53 Å². The third-order valence-corrected chi connectivity index (χ3v) is 3.60. The van der Waals surface area contributed by atoms with Crippen LogP contribution in [0, 0.1) is 6.92 Å². The molecular formula is C14H25ClN4O2. The van der Waals surface area contributed by atoms with Crippen molar-refractivity contribution >= 4 is 24.2 Å². The Hall–Kier alpha value is -1.27. The molecule has 0 aliphatic carbocycles. The zero-order valence-corrected chi connectivity index (χ0v) is 13.6. The maximum atomic E-state index is 11.9. The zero-order valence-electron chi connectivity index (χ0n) is 12.8. The van der Waals surface area contributed by atoms with E-state index < -0.39 is 0 Å². The molecular weight excluding hydrogens is 292 g/mol. The number of anilines is 1. The minimum atomic E-state index is -0.320. The SMILES string of the molecule is CCOC(=O)c1c(NCCN2CCCCC2)n[nH]c1C.Cl. The van der Waals surface area contributed by atoms with E-state index in [4.69, 9.17) is 4.74 Å². The van der Waals surface area contributed by atoms with Gasteiger partial charge in [-0.2, -0.15) is 5.10 Å². The second kappa shape index (κ2) is 8.89. The lowest BCUT2D eigenvalue weighted by Gasteiger charge is -2.26. The maximum Gasteiger partial charge on any atom is 0.343 e. The van der Waals surface area contributed by atoms with Crippen molar-refractivity contribution in [1.29, 1.82) is 0 Å². The van der Waals surface area contributed by atoms with Crippen LogP contribution in [0.5, 0.6) is 0 Å². The molecule has 1 aliphatic rings. The highest BCUT2D eigenvalue weighted by atomic mass is 35.5. The average Bonchev–Trinajstić information content (AvgIpc) is 2.81. The Kier molecular flexibility index (Phi) is 7.53. The van der Waals surface area contributed by atoms with Crippen LogP contribution in [0.2, 0.25) is 0 Å². The third kappa shape index (κ3) is 4.89. The number of hydrogen-bond acceptors (Lipinski definition) is 5.